The molecule has 0 N–H and O–H groups in total. The second kappa shape index (κ2) is 9.34. The Morgan fingerprint density at radius 3 is 2.61 bits per heavy atom. The maximum Gasteiger partial charge on any atom is 0.338 e. The van der Waals surface area contributed by atoms with E-state index in [0.29, 0.717) is 31.7 Å². The van der Waals surface area contributed by atoms with Crippen molar-refractivity contribution in [3.05, 3.63) is 71.8 Å². The summed E-state index contributed by atoms with van der Waals surface area (Å²) in [6, 6.07) is 13.0. The fourth-order valence-electron chi connectivity index (χ4n) is 3.47. The third kappa shape index (κ3) is 4.96. The first-order chi connectivity index (χ1) is 14.7. The molecule has 2 aromatic carbocycles. The average Bonchev–Trinajstić information content (AvgIpc) is 3.20. The van der Waals surface area contributed by atoms with Gasteiger partial charge >= 0.3 is 5.97 Å². The molecule has 31 heavy (non-hydrogen) atoms. The molecular weight excluding hydrogens is 416 g/mol. The van der Waals surface area contributed by atoms with E-state index in [1.807, 2.05) is 26.0 Å². The standard InChI is InChI=1S/C23H26N2O5S/c1-4-24(15-17(2)3)22(26)16-30-23(27)19-9-7-10-20(14-19)31(28,29)25-13-12-18-8-5-6-11-21(18)25/h5-11,14H,2,4,12-13,15-16H2,1,3H3. The van der Waals surface area contributed by atoms with Gasteiger partial charge in [-0.25, -0.2) is 13.2 Å². The number of hydrogen-bond acceptors (Lipinski definition) is 5. The molecular formula is C23H26N2O5S. The van der Waals surface area contributed by atoms with Crippen LogP contribution in [0.15, 0.2) is 65.6 Å². The van der Waals surface area contributed by atoms with Crippen molar-refractivity contribution in [1.29, 1.82) is 0 Å². The van der Waals surface area contributed by atoms with Gasteiger partial charge in [-0.15, -0.1) is 0 Å². The Morgan fingerprint density at radius 1 is 1.16 bits per heavy atom. The number of sulfonamides is 1. The highest BCUT2D eigenvalue weighted by atomic mass is 32.2. The number of esters is 1. The van der Waals surface area contributed by atoms with E-state index < -0.39 is 22.6 Å². The molecule has 3 rings (SSSR count). The molecule has 1 aliphatic heterocycles. The van der Waals surface area contributed by atoms with Crippen LogP contribution >= 0.6 is 0 Å². The van der Waals surface area contributed by atoms with E-state index in [9.17, 15) is 18.0 Å². The molecule has 0 atom stereocenters. The molecule has 1 aliphatic rings. The zero-order valence-electron chi connectivity index (χ0n) is 17.7. The molecule has 0 saturated carbocycles. The fourth-order valence-corrected chi connectivity index (χ4v) is 5.02. The molecule has 7 nitrogen and oxygen atoms in total. The summed E-state index contributed by atoms with van der Waals surface area (Å²) in [5, 5.41) is 0. The minimum Gasteiger partial charge on any atom is -0.452 e. The van der Waals surface area contributed by atoms with Crippen LogP contribution in [0.5, 0.6) is 0 Å². The third-order valence-electron chi connectivity index (χ3n) is 5.02. The highest BCUT2D eigenvalue weighted by Crippen LogP contribution is 2.32. The quantitative estimate of drug-likeness (QED) is 0.464. The first kappa shape index (κ1) is 22.6. The molecule has 0 fully saturated rings. The van der Waals surface area contributed by atoms with Gasteiger partial charge in [-0.3, -0.25) is 9.10 Å². The summed E-state index contributed by atoms with van der Waals surface area (Å²) in [6.07, 6.45) is 0.636. The number of ether oxygens (including phenoxy) is 1. The fraction of sp³-hybridized carbons (Fsp3) is 0.304. The summed E-state index contributed by atoms with van der Waals surface area (Å²) in [7, 11) is -3.83. The number of anilines is 1. The van der Waals surface area contributed by atoms with Crippen molar-refractivity contribution >= 4 is 27.6 Å². The molecule has 1 heterocycles. The Balaban J connectivity index is 1.73. The van der Waals surface area contributed by atoms with Crippen molar-refractivity contribution < 1.29 is 22.7 Å². The van der Waals surface area contributed by atoms with Crippen molar-refractivity contribution in [2.45, 2.75) is 25.2 Å². The Hall–Kier alpha value is -3.13. The van der Waals surface area contributed by atoms with Gasteiger partial charge in [-0.1, -0.05) is 36.4 Å². The molecule has 0 unspecified atom stereocenters. The first-order valence-corrected chi connectivity index (χ1v) is 11.5. The number of likely N-dealkylation sites (N-methyl/N-ethyl adjacent to an activating group) is 1. The first-order valence-electron chi connectivity index (χ1n) is 10.0. The average molecular weight is 443 g/mol. The predicted octanol–water partition coefficient (Wildman–Crippen LogP) is 3.02. The number of rotatable bonds is 8. The van der Waals surface area contributed by atoms with Crippen LogP contribution in [-0.4, -0.2) is 51.4 Å². The summed E-state index contributed by atoms with van der Waals surface area (Å²) in [5.41, 5.74) is 2.51. The maximum absolute atomic E-state index is 13.2. The summed E-state index contributed by atoms with van der Waals surface area (Å²) in [6.45, 7) is 8.20. The largest absolute Gasteiger partial charge is 0.452 e. The van der Waals surface area contributed by atoms with Crippen LogP contribution in [0.1, 0.15) is 29.8 Å². The van der Waals surface area contributed by atoms with Gasteiger partial charge in [0.15, 0.2) is 6.61 Å². The highest BCUT2D eigenvalue weighted by Gasteiger charge is 2.31. The Bertz CT molecular complexity index is 1110. The molecule has 0 radical (unpaired) electrons. The maximum atomic E-state index is 13.2. The number of fused-ring (bicyclic) bond motifs is 1. The summed E-state index contributed by atoms with van der Waals surface area (Å²) < 4.78 is 32.8. The lowest BCUT2D eigenvalue weighted by Gasteiger charge is -2.21. The van der Waals surface area contributed by atoms with E-state index >= 15 is 0 Å². The van der Waals surface area contributed by atoms with E-state index in [-0.39, 0.29) is 16.4 Å². The van der Waals surface area contributed by atoms with Crippen molar-refractivity contribution in [3.63, 3.8) is 0 Å². The van der Waals surface area contributed by atoms with Gasteiger partial charge in [0.05, 0.1) is 16.1 Å². The predicted molar refractivity (Wildman–Crippen MR) is 118 cm³/mol. The van der Waals surface area contributed by atoms with Gasteiger partial charge in [-0.2, -0.15) is 0 Å². The van der Waals surface area contributed by atoms with Crippen LogP contribution < -0.4 is 4.31 Å². The van der Waals surface area contributed by atoms with E-state index in [0.717, 1.165) is 11.1 Å². The second-order valence-electron chi connectivity index (χ2n) is 7.42. The monoisotopic (exact) mass is 442 g/mol. The second-order valence-corrected chi connectivity index (χ2v) is 9.29. The minimum atomic E-state index is -3.83. The number of amides is 1. The lowest BCUT2D eigenvalue weighted by molar-refractivity contribution is -0.133. The molecule has 2 aromatic rings. The molecule has 0 saturated heterocycles. The summed E-state index contributed by atoms with van der Waals surface area (Å²) >= 11 is 0. The number of para-hydroxylation sites is 1. The Morgan fingerprint density at radius 2 is 1.90 bits per heavy atom. The van der Waals surface area contributed by atoms with Gasteiger partial charge in [0.25, 0.3) is 15.9 Å². The van der Waals surface area contributed by atoms with Gasteiger partial charge in [0.2, 0.25) is 0 Å². The van der Waals surface area contributed by atoms with Gasteiger partial charge in [0.1, 0.15) is 0 Å². The molecule has 0 aromatic heterocycles. The minimum absolute atomic E-state index is 0.00227. The van der Waals surface area contributed by atoms with E-state index in [4.69, 9.17) is 4.74 Å². The van der Waals surface area contributed by atoms with Gasteiger partial charge in [-0.05, 0) is 50.1 Å². The zero-order valence-corrected chi connectivity index (χ0v) is 18.5. The summed E-state index contributed by atoms with van der Waals surface area (Å²) in [4.78, 5) is 26.3. The number of carbonyl (C=O) groups excluding carboxylic acids is 2. The number of hydrogen-bond donors (Lipinski definition) is 0. The van der Waals surface area contributed by atoms with E-state index in [2.05, 4.69) is 6.58 Å². The lowest BCUT2D eigenvalue weighted by atomic mass is 10.2. The molecule has 164 valence electrons. The summed E-state index contributed by atoms with van der Waals surface area (Å²) in [5.74, 6) is -1.09. The van der Waals surface area contributed by atoms with Crippen LogP contribution in [0.25, 0.3) is 0 Å². The number of nitrogens with zero attached hydrogens (tertiary/aromatic N) is 2. The van der Waals surface area contributed by atoms with Crippen molar-refractivity contribution in [1.82, 2.24) is 4.90 Å². The van der Waals surface area contributed by atoms with Gasteiger partial charge in [0, 0.05) is 19.6 Å². The van der Waals surface area contributed by atoms with Crippen LogP contribution in [-0.2, 0) is 26.0 Å². The normalized spacial score (nSPS) is 12.9. The number of carbonyl (C=O) groups is 2. The lowest BCUT2D eigenvalue weighted by Crippen LogP contribution is -2.35. The van der Waals surface area contributed by atoms with Crippen molar-refractivity contribution in [3.8, 4) is 0 Å². The number of benzene rings is 2. The molecule has 0 aliphatic carbocycles. The van der Waals surface area contributed by atoms with Crippen LogP contribution in [0.3, 0.4) is 0 Å². The Labute approximate surface area is 183 Å². The smallest absolute Gasteiger partial charge is 0.338 e. The van der Waals surface area contributed by atoms with Crippen molar-refractivity contribution in [2.75, 3.05) is 30.5 Å². The SMILES string of the molecule is C=C(C)CN(CC)C(=O)COC(=O)c1cccc(S(=O)(=O)N2CCc3ccccc32)c1. The van der Waals surface area contributed by atoms with E-state index in [1.165, 1.54) is 33.5 Å². The molecule has 0 spiro atoms. The molecule has 1 amide bonds. The van der Waals surface area contributed by atoms with Gasteiger partial charge < -0.3 is 9.64 Å². The third-order valence-corrected chi connectivity index (χ3v) is 6.83. The van der Waals surface area contributed by atoms with Crippen LogP contribution in [0.4, 0.5) is 5.69 Å². The topological polar surface area (TPSA) is 84.0 Å². The molecule has 0 bridgehead atoms. The highest BCUT2D eigenvalue weighted by molar-refractivity contribution is 7.92. The Kier molecular flexibility index (Phi) is 6.80. The van der Waals surface area contributed by atoms with Crippen LogP contribution in [0.2, 0.25) is 0 Å². The molecule has 8 heteroatoms. The van der Waals surface area contributed by atoms with E-state index in [1.54, 1.807) is 12.1 Å². The van der Waals surface area contributed by atoms with Crippen molar-refractivity contribution in [2.24, 2.45) is 0 Å². The van der Waals surface area contributed by atoms with Crippen LogP contribution in [0, 0.1) is 0 Å². The zero-order chi connectivity index (χ0) is 22.6.